The highest BCUT2D eigenvalue weighted by Gasteiger charge is 2.07. The van der Waals surface area contributed by atoms with Crippen molar-refractivity contribution in [2.24, 2.45) is 0 Å². The third-order valence-corrected chi connectivity index (χ3v) is 3.59. The molecule has 0 heterocycles. The predicted molar refractivity (Wildman–Crippen MR) is 86.3 cm³/mol. The number of carbonyl (C=O) groups is 1. The number of nitrogens with zero attached hydrogens (tertiary/aromatic N) is 1. The second-order valence-electron chi connectivity index (χ2n) is 4.60. The number of carbonyl (C=O) groups excluding carboxylic acids is 1. The molecule has 0 radical (unpaired) electrons. The quantitative estimate of drug-likeness (QED) is 0.447. The summed E-state index contributed by atoms with van der Waals surface area (Å²) in [5.41, 5.74) is 3.23. The van der Waals surface area contributed by atoms with Gasteiger partial charge in [0.25, 0.3) is 0 Å². The summed E-state index contributed by atoms with van der Waals surface area (Å²) in [5.74, 6) is 0.815. The molecule has 0 saturated heterocycles. The average molecular weight is 344 g/mol. The molecular weight excluding hydrogens is 330 g/mol. The second kappa shape index (κ2) is 7.05. The summed E-state index contributed by atoms with van der Waals surface area (Å²) in [5, 5.41) is 0.319. The first-order valence-electron chi connectivity index (χ1n) is 6.43. The fraction of sp³-hybridized carbons (Fsp3) is 0.176. The molecule has 0 aliphatic heterocycles. The molecule has 4 heteroatoms. The van der Waals surface area contributed by atoms with Crippen LogP contribution >= 0.6 is 15.9 Å². The molecular formula is C17H14BrNO2. The molecule has 0 bridgehead atoms. The standard InChI is InChI=1S/C17H14BrNO2/c1-12-9-14(16(20)10-18)5-8-17(12)21-11-13-3-6-15(19-2)7-4-13/h3-9H,10-11H2,1H3. The Morgan fingerprint density at radius 2 is 1.95 bits per heavy atom. The highest BCUT2D eigenvalue weighted by atomic mass is 79.9. The van der Waals surface area contributed by atoms with Crippen LogP contribution in [-0.2, 0) is 6.61 Å². The lowest BCUT2D eigenvalue weighted by Crippen LogP contribution is -2.02. The lowest BCUT2D eigenvalue weighted by atomic mass is 10.1. The number of benzene rings is 2. The number of halogens is 1. The van der Waals surface area contributed by atoms with Crippen molar-refractivity contribution >= 4 is 27.4 Å². The fourth-order valence-electron chi connectivity index (χ4n) is 1.89. The number of hydrogen-bond donors (Lipinski definition) is 0. The van der Waals surface area contributed by atoms with Crippen LogP contribution in [0.4, 0.5) is 5.69 Å². The van der Waals surface area contributed by atoms with Gasteiger partial charge >= 0.3 is 0 Å². The Labute approximate surface area is 132 Å². The molecule has 0 unspecified atom stereocenters. The van der Waals surface area contributed by atoms with E-state index in [9.17, 15) is 4.79 Å². The third-order valence-electron chi connectivity index (χ3n) is 3.08. The zero-order valence-corrected chi connectivity index (χ0v) is 13.2. The monoisotopic (exact) mass is 343 g/mol. The van der Waals surface area contributed by atoms with Gasteiger partial charge < -0.3 is 4.74 Å². The minimum atomic E-state index is 0.0550. The lowest BCUT2D eigenvalue weighted by molar-refractivity contribution is 0.102. The highest BCUT2D eigenvalue weighted by Crippen LogP contribution is 2.21. The maximum atomic E-state index is 11.6. The molecule has 0 aliphatic rings. The molecule has 106 valence electrons. The van der Waals surface area contributed by atoms with E-state index in [1.54, 1.807) is 18.2 Å². The van der Waals surface area contributed by atoms with E-state index >= 15 is 0 Å². The Hall–Kier alpha value is -2.12. The minimum Gasteiger partial charge on any atom is -0.489 e. The number of ketones is 1. The van der Waals surface area contributed by atoms with E-state index in [1.165, 1.54) is 0 Å². The molecule has 0 saturated carbocycles. The van der Waals surface area contributed by atoms with Crippen molar-refractivity contribution in [1.82, 2.24) is 0 Å². The summed E-state index contributed by atoms with van der Waals surface area (Å²) >= 11 is 3.17. The van der Waals surface area contributed by atoms with Gasteiger partial charge in [0.1, 0.15) is 12.4 Å². The Morgan fingerprint density at radius 3 is 2.52 bits per heavy atom. The van der Waals surface area contributed by atoms with Crippen molar-refractivity contribution in [3.63, 3.8) is 0 Å². The topological polar surface area (TPSA) is 30.7 Å². The van der Waals surface area contributed by atoms with Gasteiger partial charge in [-0.1, -0.05) is 40.2 Å². The Morgan fingerprint density at radius 1 is 1.24 bits per heavy atom. The van der Waals surface area contributed by atoms with Gasteiger partial charge in [0, 0.05) is 5.56 Å². The maximum Gasteiger partial charge on any atom is 0.187 e. The molecule has 21 heavy (non-hydrogen) atoms. The average Bonchev–Trinajstić information content (AvgIpc) is 2.53. The molecule has 2 aromatic rings. The third kappa shape index (κ3) is 3.93. The summed E-state index contributed by atoms with van der Waals surface area (Å²) in [7, 11) is 0. The number of Topliss-reactive ketones (excluding diaryl/α,β-unsaturated/α-hetero) is 1. The first kappa shape index (κ1) is 15.3. The summed E-state index contributed by atoms with van der Waals surface area (Å²) in [4.78, 5) is 15.0. The molecule has 0 amide bonds. The largest absolute Gasteiger partial charge is 0.489 e. The van der Waals surface area contributed by atoms with E-state index < -0.39 is 0 Å². The summed E-state index contributed by atoms with van der Waals surface area (Å²) in [6, 6.07) is 12.7. The van der Waals surface area contributed by atoms with Crippen molar-refractivity contribution in [2.75, 3.05) is 5.33 Å². The van der Waals surface area contributed by atoms with Crippen LogP contribution in [0.1, 0.15) is 21.5 Å². The molecule has 0 N–H and O–H groups in total. The summed E-state index contributed by atoms with van der Waals surface area (Å²) < 4.78 is 5.76. The number of ether oxygens (including phenoxy) is 1. The van der Waals surface area contributed by atoms with Gasteiger partial charge in [-0.2, -0.15) is 0 Å². The van der Waals surface area contributed by atoms with Crippen LogP contribution in [0.15, 0.2) is 42.5 Å². The maximum absolute atomic E-state index is 11.6. The molecule has 2 aromatic carbocycles. The molecule has 0 atom stereocenters. The van der Waals surface area contributed by atoms with Crippen LogP contribution < -0.4 is 4.74 Å². The SMILES string of the molecule is [C-]#[N+]c1ccc(COc2ccc(C(=O)CBr)cc2C)cc1. The second-order valence-corrected chi connectivity index (χ2v) is 5.16. The van der Waals surface area contributed by atoms with Crippen LogP contribution in [0.25, 0.3) is 4.85 Å². The molecule has 0 fully saturated rings. The van der Waals surface area contributed by atoms with Crippen LogP contribution in [0, 0.1) is 13.5 Å². The van der Waals surface area contributed by atoms with Gasteiger partial charge in [0.2, 0.25) is 0 Å². The van der Waals surface area contributed by atoms with E-state index in [0.29, 0.717) is 23.2 Å². The van der Waals surface area contributed by atoms with Gasteiger partial charge in [-0.05, 0) is 36.2 Å². The fourth-order valence-corrected chi connectivity index (χ4v) is 2.21. The van der Waals surface area contributed by atoms with E-state index in [0.717, 1.165) is 16.9 Å². The van der Waals surface area contributed by atoms with E-state index in [-0.39, 0.29) is 5.78 Å². The van der Waals surface area contributed by atoms with Crippen molar-refractivity contribution < 1.29 is 9.53 Å². The highest BCUT2D eigenvalue weighted by molar-refractivity contribution is 9.09. The minimum absolute atomic E-state index is 0.0550. The first-order chi connectivity index (χ1) is 10.1. The van der Waals surface area contributed by atoms with Crippen molar-refractivity contribution in [1.29, 1.82) is 0 Å². The zero-order chi connectivity index (χ0) is 15.2. The smallest absolute Gasteiger partial charge is 0.187 e. The lowest BCUT2D eigenvalue weighted by Gasteiger charge is -2.10. The van der Waals surface area contributed by atoms with Crippen molar-refractivity contribution in [3.05, 3.63) is 70.6 Å². The van der Waals surface area contributed by atoms with Crippen molar-refractivity contribution in [3.8, 4) is 5.75 Å². The summed E-state index contributed by atoms with van der Waals surface area (Å²) in [6.07, 6.45) is 0. The van der Waals surface area contributed by atoms with Gasteiger partial charge in [-0.25, -0.2) is 4.85 Å². The Kier molecular flexibility index (Phi) is 5.13. The number of hydrogen-bond acceptors (Lipinski definition) is 2. The normalized spacial score (nSPS) is 9.95. The van der Waals surface area contributed by atoms with Crippen LogP contribution in [0.5, 0.6) is 5.75 Å². The Bertz CT molecular complexity index is 687. The molecule has 0 aliphatic carbocycles. The molecule has 3 nitrogen and oxygen atoms in total. The number of rotatable bonds is 5. The van der Waals surface area contributed by atoms with Crippen LogP contribution in [0.3, 0.4) is 0 Å². The van der Waals surface area contributed by atoms with Gasteiger partial charge in [-0.3, -0.25) is 4.79 Å². The van der Waals surface area contributed by atoms with Crippen molar-refractivity contribution in [2.45, 2.75) is 13.5 Å². The van der Waals surface area contributed by atoms with Gasteiger partial charge in [0.05, 0.1) is 11.9 Å². The predicted octanol–water partition coefficient (Wildman–Crippen LogP) is 4.70. The zero-order valence-electron chi connectivity index (χ0n) is 11.6. The van der Waals surface area contributed by atoms with Gasteiger partial charge in [0.15, 0.2) is 11.5 Å². The van der Waals surface area contributed by atoms with E-state index in [4.69, 9.17) is 11.3 Å². The Balaban J connectivity index is 2.06. The van der Waals surface area contributed by atoms with Gasteiger partial charge in [-0.15, -0.1) is 0 Å². The van der Waals surface area contributed by atoms with E-state index in [2.05, 4.69) is 20.8 Å². The molecule has 2 rings (SSSR count). The molecule has 0 spiro atoms. The summed E-state index contributed by atoms with van der Waals surface area (Å²) in [6.45, 7) is 9.27. The van der Waals surface area contributed by atoms with Crippen LogP contribution in [0.2, 0.25) is 0 Å². The van der Waals surface area contributed by atoms with Crippen LogP contribution in [-0.4, -0.2) is 11.1 Å². The van der Waals surface area contributed by atoms with E-state index in [1.807, 2.05) is 31.2 Å². The number of aryl methyl sites for hydroxylation is 1. The first-order valence-corrected chi connectivity index (χ1v) is 7.55. The number of alkyl halides is 1. The molecule has 0 aromatic heterocycles.